The Kier molecular flexibility index (Phi) is 529000. The zero-order valence-electron chi connectivity index (χ0n) is 3.44. The van der Waals surface area contributed by atoms with E-state index in [-0.39, 0.29) is 32.5 Å². The van der Waals surface area contributed by atoms with Crippen LogP contribution in [0.4, 0.5) is 0 Å². The minimum atomic E-state index is 0. The van der Waals surface area contributed by atoms with E-state index in [9.17, 15) is 0 Å². The maximum Gasteiger partial charge on any atom is 1.00 e. The molecular formula is C3ClIrO3. The van der Waals surface area contributed by atoms with E-state index in [1.54, 1.807) is 0 Å². The summed E-state index contributed by atoms with van der Waals surface area (Å²) in [4.78, 5) is 22.5. The van der Waals surface area contributed by atoms with Crippen molar-refractivity contribution in [3.63, 3.8) is 0 Å². The third kappa shape index (κ3) is 56800. The summed E-state index contributed by atoms with van der Waals surface area (Å²) in [5.74, 6) is 0. The molecule has 0 saturated carbocycles. The quantitative estimate of drug-likeness (QED) is 0.456. The van der Waals surface area contributed by atoms with Crippen LogP contribution in [0.25, 0.3) is 0 Å². The monoisotopic (exact) mass is 312 g/mol. The van der Waals surface area contributed by atoms with Crippen molar-refractivity contribution in [2.24, 2.45) is 0 Å². The topological polar surface area (TPSA) is 51.2 Å². The summed E-state index contributed by atoms with van der Waals surface area (Å²) in [6.07, 6.45) is 0. The zero-order valence-corrected chi connectivity index (χ0v) is 6.59. The molecule has 0 aliphatic rings. The summed E-state index contributed by atoms with van der Waals surface area (Å²) < 4.78 is 0. The van der Waals surface area contributed by atoms with Crippen LogP contribution in [-0.4, -0.2) is 20.4 Å². The Hall–Kier alpha value is -0.0506. The van der Waals surface area contributed by atoms with Gasteiger partial charge in [0.25, 0.3) is 20.4 Å². The average molecular weight is 312 g/mol. The summed E-state index contributed by atoms with van der Waals surface area (Å²) in [7, 11) is 0. The van der Waals surface area contributed by atoms with Crippen molar-refractivity contribution in [1.82, 2.24) is 0 Å². The minimum Gasteiger partial charge on any atom is -1.00 e. The average Bonchev–Trinajstić information content (AvgIpc) is 1.81. The maximum absolute atomic E-state index is 7.50. The predicted octanol–water partition coefficient (Wildman–Crippen LogP) is -4.19. The second kappa shape index (κ2) is 95900. The van der Waals surface area contributed by atoms with Crippen molar-refractivity contribution in [1.29, 1.82) is 0 Å². The molecule has 0 spiro atoms. The second-order valence-corrected chi connectivity index (χ2v) is 0. The van der Waals surface area contributed by atoms with E-state index in [1.807, 2.05) is 0 Å². The normalized spacial score (nSPS) is 1.50. The van der Waals surface area contributed by atoms with Gasteiger partial charge in [0, 0.05) is 0 Å². The standard InChI is InChI=1S/3CO.ClH.Ir/c3*1-2;;/h;;;1H;/q;;;;+1/p-1. The van der Waals surface area contributed by atoms with Gasteiger partial charge in [-0.25, -0.2) is 0 Å². The molecule has 6 radical (unpaired) electrons. The van der Waals surface area contributed by atoms with Gasteiger partial charge in [-0.3, -0.25) is 14.4 Å². The molecule has 3 nitrogen and oxygen atoms in total. The van der Waals surface area contributed by atoms with Gasteiger partial charge in [0.05, 0.1) is 0 Å². The van der Waals surface area contributed by atoms with Crippen LogP contribution in [-0.2, 0) is 34.5 Å². The molecule has 0 rings (SSSR count). The largest absolute Gasteiger partial charge is 1.00 e. The van der Waals surface area contributed by atoms with Gasteiger partial charge in [-0.2, -0.15) is 0 Å². The van der Waals surface area contributed by atoms with Gasteiger partial charge in [0.2, 0.25) is 0 Å². The molecule has 0 bridgehead atoms. The van der Waals surface area contributed by atoms with Crippen molar-refractivity contribution in [2.45, 2.75) is 0 Å². The first-order chi connectivity index (χ1) is 3.00. The van der Waals surface area contributed by atoms with Crippen LogP contribution in [0.15, 0.2) is 0 Å². The van der Waals surface area contributed by atoms with E-state index < -0.39 is 0 Å². The van der Waals surface area contributed by atoms with Crippen molar-refractivity contribution in [2.75, 3.05) is 0 Å². The molecule has 0 N–H and O–H groups in total. The predicted molar refractivity (Wildman–Crippen MR) is 17.1 cm³/mol. The van der Waals surface area contributed by atoms with Gasteiger partial charge in [-0.05, 0) is 0 Å². The number of carbonyl (C=O) groups excluding carboxylic acids is 3. The van der Waals surface area contributed by atoms with Gasteiger partial charge < -0.3 is 12.4 Å². The molecular weight excluding hydrogens is 312 g/mol. The van der Waals surface area contributed by atoms with Gasteiger partial charge in [0.1, 0.15) is 0 Å². The van der Waals surface area contributed by atoms with E-state index in [2.05, 4.69) is 20.4 Å². The molecule has 0 aromatic rings. The van der Waals surface area contributed by atoms with Gasteiger partial charge in [-0.15, -0.1) is 0 Å². The molecule has 0 unspecified atom stereocenters. The van der Waals surface area contributed by atoms with E-state index in [1.165, 1.54) is 0 Å². The van der Waals surface area contributed by atoms with Crippen LogP contribution < -0.4 is 12.4 Å². The van der Waals surface area contributed by atoms with Crippen molar-refractivity contribution < 1.29 is 46.9 Å². The first-order valence-electron chi connectivity index (χ1n) is 0.612. The van der Waals surface area contributed by atoms with Crippen molar-refractivity contribution >= 4 is 20.4 Å². The Bertz CT molecular complexity index is 19.2. The number of rotatable bonds is 0. The minimum absolute atomic E-state index is 0. The van der Waals surface area contributed by atoms with Crippen LogP contribution in [0.5, 0.6) is 0 Å². The Morgan fingerprint density at radius 3 is 0.625 bits per heavy atom. The van der Waals surface area contributed by atoms with E-state index >= 15 is 0 Å². The molecule has 0 aromatic carbocycles. The fourth-order valence-electron chi connectivity index (χ4n) is 0. The third-order valence-electron chi connectivity index (χ3n) is 0. The molecule has 5 heteroatoms. The Labute approximate surface area is 67.6 Å². The fraction of sp³-hybridized carbons (Fsp3) is 0. The molecule has 8 heavy (non-hydrogen) atoms. The fourth-order valence-corrected chi connectivity index (χ4v) is 0. The van der Waals surface area contributed by atoms with Crippen molar-refractivity contribution in [3.05, 3.63) is 0 Å². The summed E-state index contributed by atoms with van der Waals surface area (Å²) in [6, 6.07) is 0. The zero-order chi connectivity index (χ0) is 6.00. The van der Waals surface area contributed by atoms with Crippen LogP contribution in [0.1, 0.15) is 0 Å². The molecule has 0 aliphatic carbocycles. The smallest absolute Gasteiger partial charge is 1.00 e. The van der Waals surface area contributed by atoms with Gasteiger partial charge in [0.15, 0.2) is 0 Å². The number of hydrogen-bond acceptors (Lipinski definition) is 3. The first kappa shape index (κ1) is 44.1. The molecule has 0 amide bonds. The molecule has 0 fully saturated rings. The van der Waals surface area contributed by atoms with Crippen LogP contribution >= 0.6 is 0 Å². The summed E-state index contributed by atoms with van der Waals surface area (Å²) in [5, 5.41) is 0. The molecule has 46 valence electrons. The first-order valence-corrected chi connectivity index (χ1v) is 0.612. The Morgan fingerprint density at radius 2 is 0.625 bits per heavy atom. The third-order valence-corrected chi connectivity index (χ3v) is 0. The molecule has 0 atom stereocenters. The number of hydrogen-bond donors (Lipinski definition) is 0. The summed E-state index contributed by atoms with van der Waals surface area (Å²) in [5.41, 5.74) is 0. The molecule has 0 aromatic heterocycles. The van der Waals surface area contributed by atoms with E-state index in [0.29, 0.717) is 0 Å². The Balaban J connectivity index is -0.00000000500. The van der Waals surface area contributed by atoms with Crippen molar-refractivity contribution in [3.8, 4) is 0 Å². The van der Waals surface area contributed by atoms with Crippen LogP contribution in [0, 0.1) is 0 Å². The van der Waals surface area contributed by atoms with Gasteiger partial charge in [-0.1, -0.05) is 0 Å². The summed E-state index contributed by atoms with van der Waals surface area (Å²) in [6.45, 7) is 13.5. The second-order valence-electron chi connectivity index (χ2n) is 0. The SMILES string of the molecule is [C]=O.[C]=O.[C]=O.[Cl-].[Ir+]. The Morgan fingerprint density at radius 1 is 0.625 bits per heavy atom. The summed E-state index contributed by atoms with van der Waals surface area (Å²) >= 11 is 0. The van der Waals surface area contributed by atoms with E-state index in [4.69, 9.17) is 14.4 Å². The van der Waals surface area contributed by atoms with Crippen LogP contribution in [0.2, 0.25) is 0 Å². The molecule has 0 saturated heterocycles. The molecule has 0 heterocycles. The van der Waals surface area contributed by atoms with Crippen LogP contribution in [0.3, 0.4) is 0 Å². The number of halogens is 1. The van der Waals surface area contributed by atoms with E-state index in [0.717, 1.165) is 0 Å². The van der Waals surface area contributed by atoms with Gasteiger partial charge >= 0.3 is 20.1 Å². The maximum atomic E-state index is 7.50. The molecule has 0 aliphatic heterocycles.